The minimum absolute atomic E-state index is 0.101. The number of hydrogen-bond acceptors (Lipinski definition) is 4. The van der Waals surface area contributed by atoms with Crippen molar-refractivity contribution in [3.63, 3.8) is 0 Å². The first-order valence-electron chi connectivity index (χ1n) is 6.34. The number of rotatable bonds is 3. The molecule has 21 heavy (non-hydrogen) atoms. The predicted octanol–water partition coefficient (Wildman–Crippen LogP) is 3.79. The number of aromatic hydroxyl groups is 1. The summed E-state index contributed by atoms with van der Waals surface area (Å²) in [5.74, 6) is 0.176. The summed E-state index contributed by atoms with van der Waals surface area (Å²) >= 11 is 0. The summed E-state index contributed by atoms with van der Waals surface area (Å²) < 4.78 is 27.5. The van der Waals surface area contributed by atoms with Gasteiger partial charge in [0.25, 0.3) is 10.0 Å². The minimum Gasteiger partial charge on any atom is -0.507 e. The van der Waals surface area contributed by atoms with Crippen LogP contribution in [0.3, 0.4) is 0 Å². The van der Waals surface area contributed by atoms with Crippen molar-refractivity contribution in [1.29, 1.82) is 0 Å². The van der Waals surface area contributed by atoms with E-state index < -0.39 is 10.0 Å². The Balaban J connectivity index is 2.34. The number of aryl methyl sites for hydroxylation is 3. The van der Waals surface area contributed by atoms with E-state index in [0.717, 1.165) is 5.56 Å². The molecule has 2 aromatic carbocycles. The van der Waals surface area contributed by atoms with Crippen LogP contribution in [0, 0.1) is 20.8 Å². The van der Waals surface area contributed by atoms with E-state index in [9.17, 15) is 13.5 Å². The van der Waals surface area contributed by atoms with Crippen LogP contribution in [0.5, 0.6) is 5.75 Å². The lowest BCUT2D eigenvalue weighted by Gasteiger charge is -2.03. The zero-order valence-corrected chi connectivity index (χ0v) is 12.8. The molecule has 0 heterocycles. The maximum absolute atomic E-state index is 12.0. The molecule has 110 valence electrons. The Morgan fingerprint density at radius 3 is 2.00 bits per heavy atom. The molecule has 0 unspecified atom stereocenters. The largest absolute Gasteiger partial charge is 0.507 e. The van der Waals surface area contributed by atoms with Gasteiger partial charge in [-0.2, -0.15) is 8.42 Å². The Labute approximate surface area is 124 Å². The molecular formula is C15H16N2O3S. The Morgan fingerprint density at radius 2 is 1.48 bits per heavy atom. The Hall–Kier alpha value is -2.21. The van der Waals surface area contributed by atoms with Crippen molar-refractivity contribution in [2.24, 2.45) is 9.63 Å². The van der Waals surface area contributed by atoms with Crippen molar-refractivity contribution in [2.75, 3.05) is 0 Å². The Morgan fingerprint density at radius 1 is 0.952 bits per heavy atom. The van der Waals surface area contributed by atoms with Gasteiger partial charge in [0.1, 0.15) is 5.75 Å². The summed E-state index contributed by atoms with van der Waals surface area (Å²) in [6, 6.07) is 9.56. The maximum Gasteiger partial charge on any atom is 0.299 e. The van der Waals surface area contributed by atoms with Gasteiger partial charge in [0, 0.05) is 0 Å². The first-order chi connectivity index (χ1) is 9.79. The fourth-order valence-electron chi connectivity index (χ4n) is 1.85. The van der Waals surface area contributed by atoms with Gasteiger partial charge < -0.3 is 5.11 Å². The number of hydrogen-bond donors (Lipinski definition) is 1. The fraction of sp³-hybridized carbons (Fsp3) is 0.200. The van der Waals surface area contributed by atoms with Gasteiger partial charge >= 0.3 is 0 Å². The number of nitrogens with zero attached hydrogens (tertiary/aromatic N) is 2. The zero-order chi connectivity index (χ0) is 15.6. The van der Waals surface area contributed by atoms with E-state index in [1.54, 1.807) is 38.1 Å². The lowest BCUT2D eigenvalue weighted by Crippen LogP contribution is -1.95. The maximum atomic E-state index is 12.0. The van der Waals surface area contributed by atoms with E-state index in [1.165, 1.54) is 12.1 Å². The molecule has 0 saturated heterocycles. The molecule has 0 radical (unpaired) electrons. The highest BCUT2D eigenvalue weighted by molar-refractivity contribution is 7.90. The van der Waals surface area contributed by atoms with Gasteiger partial charge in [0.2, 0.25) is 0 Å². The number of phenolic OH excluding ortho intramolecular Hbond substituents is 1. The second-order valence-electron chi connectivity index (χ2n) is 4.90. The van der Waals surface area contributed by atoms with Gasteiger partial charge in [0.15, 0.2) is 0 Å². The molecule has 5 nitrogen and oxygen atoms in total. The molecule has 0 aliphatic carbocycles. The topological polar surface area (TPSA) is 79.1 Å². The average Bonchev–Trinajstić information content (AvgIpc) is 2.43. The van der Waals surface area contributed by atoms with Crippen LogP contribution in [0.2, 0.25) is 0 Å². The van der Waals surface area contributed by atoms with E-state index in [0.29, 0.717) is 16.8 Å². The molecule has 0 aliphatic rings. The molecule has 1 N–H and O–H groups in total. The number of phenols is 1. The van der Waals surface area contributed by atoms with E-state index in [2.05, 4.69) is 9.63 Å². The normalized spacial score (nSPS) is 12.0. The van der Waals surface area contributed by atoms with Crippen LogP contribution in [0.25, 0.3) is 0 Å². The molecule has 0 fully saturated rings. The first kappa shape index (κ1) is 15.2. The Kier molecular flexibility index (Phi) is 4.09. The standard InChI is InChI=1S/C15H16N2O3S/c1-10-4-6-14(7-5-10)21(19,20)17-16-13-8-11(2)15(18)12(3)9-13/h4-9,18H,1-3H3. The van der Waals surface area contributed by atoms with Crippen LogP contribution >= 0.6 is 0 Å². The van der Waals surface area contributed by atoms with Crippen molar-refractivity contribution >= 4 is 15.7 Å². The quantitative estimate of drug-likeness (QED) is 0.876. The van der Waals surface area contributed by atoms with E-state index >= 15 is 0 Å². The van der Waals surface area contributed by atoms with Crippen molar-refractivity contribution in [2.45, 2.75) is 25.7 Å². The van der Waals surface area contributed by atoms with Crippen molar-refractivity contribution in [1.82, 2.24) is 0 Å². The van der Waals surface area contributed by atoms with Crippen molar-refractivity contribution in [3.05, 3.63) is 53.1 Å². The number of sulfonamides is 1. The van der Waals surface area contributed by atoms with E-state index in [4.69, 9.17) is 0 Å². The fourth-order valence-corrected chi connectivity index (χ4v) is 2.63. The lowest BCUT2D eigenvalue weighted by atomic mass is 10.1. The highest BCUT2D eigenvalue weighted by Gasteiger charge is 2.12. The lowest BCUT2D eigenvalue weighted by molar-refractivity contribution is 0.467. The average molecular weight is 304 g/mol. The van der Waals surface area contributed by atoms with Crippen LogP contribution in [-0.2, 0) is 10.0 Å². The Bertz CT molecular complexity index is 771. The van der Waals surface area contributed by atoms with Crippen LogP contribution in [0.4, 0.5) is 5.69 Å². The number of benzene rings is 2. The third kappa shape index (κ3) is 3.46. The van der Waals surface area contributed by atoms with Gasteiger partial charge in [-0.1, -0.05) is 22.2 Å². The first-order valence-corrected chi connectivity index (χ1v) is 7.78. The van der Waals surface area contributed by atoms with Gasteiger partial charge in [0.05, 0.1) is 10.6 Å². The third-order valence-corrected chi connectivity index (χ3v) is 4.22. The molecule has 0 amide bonds. The summed E-state index contributed by atoms with van der Waals surface area (Å²) in [6.45, 7) is 5.31. The molecule has 6 heteroatoms. The van der Waals surface area contributed by atoms with E-state index in [1.807, 2.05) is 6.92 Å². The molecule has 0 spiro atoms. The highest BCUT2D eigenvalue weighted by atomic mass is 32.2. The van der Waals surface area contributed by atoms with Crippen LogP contribution in [0.1, 0.15) is 16.7 Å². The smallest absolute Gasteiger partial charge is 0.299 e. The van der Waals surface area contributed by atoms with Crippen LogP contribution < -0.4 is 0 Å². The van der Waals surface area contributed by atoms with Gasteiger partial charge in [-0.3, -0.25) is 0 Å². The third-order valence-electron chi connectivity index (χ3n) is 3.06. The molecule has 0 aromatic heterocycles. The van der Waals surface area contributed by atoms with Crippen LogP contribution in [-0.4, -0.2) is 13.5 Å². The van der Waals surface area contributed by atoms with Crippen molar-refractivity contribution in [3.8, 4) is 5.75 Å². The second kappa shape index (κ2) is 5.65. The van der Waals surface area contributed by atoms with Crippen LogP contribution in [0.15, 0.2) is 50.9 Å². The molecule has 0 atom stereocenters. The molecule has 0 aliphatic heterocycles. The molecule has 2 aromatic rings. The van der Waals surface area contributed by atoms with Gasteiger partial charge in [-0.05, 0) is 56.2 Å². The molecule has 2 rings (SSSR count). The summed E-state index contributed by atoms with van der Waals surface area (Å²) in [5.41, 5.74) is 2.60. The molecular weight excluding hydrogens is 288 g/mol. The predicted molar refractivity (Wildman–Crippen MR) is 80.5 cm³/mol. The van der Waals surface area contributed by atoms with Crippen molar-refractivity contribution < 1.29 is 13.5 Å². The summed E-state index contributed by atoms with van der Waals surface area (Å²) in [6.07, 6.45) is 0. The SMILES string of the molecule is Cc1ccc(S(=O)(=O)N=Nc2cc(C)c(O)c(C)c2)cc1. The van der Waals surface area contributed by atoms with E-state index in [-0.39, 0.29) is 10.6 Å². The van der Waals surface area contributed by atoms with Gasteiger partial charge in [-0.25, -0.2) is 0 Å². The highest BCUT2D eigenvalue weighted by Crippen LogP contribution is 2.28. The summed E-state index contributed by atoms with van der Waals surface area (Å²) in [7, 11) is -3.82. The minimum atomic E-state index is -3.82. The van der Waals surface area contributed by atoms with Gasteiger partial charge in [-0.15, -0.1) is 5.11 Å². The molecule has 0 saturated carbocycles. The summed E-state index contributed by atoms with van der Waals surface area (Å²) in [4.78, 5) is 0.101. The second-order valence-corrected chi connectivity index (χ2v) is 6.48. The molecule has 0 bridgehead atoms. The zero-order valence-electron chi connectivity index (χ0n) is 12.0. The summed E-state index contributed by atoms with van der Waals surface area (Å²) in [5, 5.41) is 13.4. The monoisotopic (exact) mass is 304 g/mol.